The molecule has 0 unspecified atom stereocenters. The summed E-state index contributed by atoms with van der Waals surface area (Å²) >= 11 is 0. The number of hydrogen-bond acceptors (Lipinski definition) is 4. The van der Waals surface area contributed by atoms with Crippen molar-refractivity contribution in [3.63, 3.8) is 0 Å². The molecular weight excluding hydrogens is 288 g/mol. The summed E-state index contributed by atoms with van der Waals surface area (Å²) in [4.78, 5) is 0.330. The van der Waals surface area contributed by atoms with Crippen LogP contribution in [-0.2, 0) is 10.0 Å². The van der Waals surface area contributed by atoms with Crippen LogP contribution in [0.4, 0.5) is 0 Å². The molecule has 1 aromatic carbocycles. The SMILES string of the molecule is Cc1ccc(S(=O)(=O)N2CCC[C@H]2c2cc(C)no2)cc1. The van der Waals surface area contributed by atoms with E-state index in [1.807, 2.05) is 32.0 Å². The van der Waals surface area contributed by atoms with Crippen LogP contribution in [0.1, 0.15) is 35.9 Å². The molecule has 0 spiro atoms. The summed E-state index contributed by atoms with van der Waals surface area (Å²) in [5.74, 6) is 0.626. The molecule has 1 atom stereocenters. The lowest BCUT2D eigenvalue weighted by Gasteiger charge is -2.22. The predicted octanol–water partition coefficient (Wildman–Crippen LogP) is 2.82. The minimum absolute atomic E-state index is 0.252. The first-order valence-electron chi connectivity index (χ1n) is 7.00. The Hall–Kier alpha value is -1.66. The summed E-state index contributed by atoms with van der Waals surface area (Å²) in [7, 11) is -3.50. The topological polar surface area (TPSA) is 63.4 Å². The van der Waals surface area contributed by atoms with E-state index in [2.05, 4.69) is 5.16 Å². The van der Waals surface area contributed by atoms with Crippen molar-refractivity contribution in [3.05, 3.63) is 47.3 Å². The Kier molecular flexibility index (Phi) is 3.59. The fourth-order valence-electron chi connectivity index (χ4n) is 2.70. The monoisotopic (exact) mass is 306 g/mol. The summed E-state index contributed by atoms with van der Waals surface area (Å²) in [6, 6.07) is 8.51. The first kappa shape index (κ1) is 14.3. The van der Waals surface area contributed by atoms with Gasteiger partial charge >= 0.3 is 0 Å². The van der Waals surface area contributed by atoms with Gasteiger partial charge in [-0.2, -0.15) is 4.31 Å². The van der Waals surface area contributed by atoms with Gasteiger partial charge < -0.3 is 4.52 Å². The second kappa shape index (κ2) is 5.27. The molecule has 0 aliphatic carbocycles. The standard InChI is InChI=1S/C15H18N2O3S/c1-11-5-7-13(8-6-11)21(18,19)17-9-3-4-14(17)15-10-12(2)16-20-15/h5-8,10,14H,3-4,9H2,1-2H3/t14-/m0/s1. The van der Waals surface area contributed by atoms with Crippen LogP contribution in [0.3, 0.4) is 0 Å². The highest BCUT2D eigenvalue weighted by molar-refractivity contribution is 7.89. The van der Waals surface area contributed by atoms with Gasteiger partial charge in [-0.1, -0.05) is 22.9 Å². The maximum absolute atomic E-state index is 12.8. The molecule has 1 aliphatic heterocycles. The molecule has 112 valence electrons. The fraction of sp³-hybridized carbons (Fsp3) is 0.400. The van der Waals surface area contributed by atoms with Crippen LogP contribution in [0.15, 0.2) is 39.8 Å². The van der Waals surface area contributed by atoms with Gasteiger partial charge in [0.05, 0.1) is 16.6 Å². The van der Waals surface area contributed by atoms with Crippen LogP contribution < -0.4 is 0 Å². The van der Waals surface area contributed by atoms with Gasteiger partial charge in [0.15, 0.2) is 5.76 Å². The molecule has 0 saturated carbocycles. The van der Waals surface area contributed by atoms with Crippen molar-refractivity contribution in [2.45, 2.75) is 37.6 Å². The van der Waals surface area contributed by atoms with E-state index in [9.17, 15) is 8.42 Å². The van der Waals surface area contributed by atoms with E-state index < -0.39 is 10.0 Å². The highest BCUT2D eigenvalue weighted by Crippen LogP contribution is 2.36. The number of rotatable bonds is 3. The van der Waals surface area contributed by atoms with Crippen molar-refractivity contribution in [1.82, 2.24) is 9.46 Å². The molecule has 0 radical (unpaired) electrons. The first-order chi connectivity index (χ1) is 9.98. The average Bonchev–Trinajstić information content (AvgIpc) is 3.07. The number of nitrogens with zero attached hydrogens (tertiary/aromatic N) is 2. The van der Waals surface area contributed by atoms with E-state index in [-0.39, 0.29) is 6.04 Å². The first-order valence-corrected chi connectivity index (χ1v) is 8.44. The highest BCUT2D eigenvalue weighted by atomic mass is 32.2. The Morgan fingerprint density at radius 2 is 1.95 bits per heavy atom. The number of benzene rings is 1. The molecule has 3 rings (SSSR count). The molecule has 21 heavy (non-hydrogen) atoms. The Bertz CT molecular complexity index is 735. The van der Waals surface area contributed by atoms with Crippen molar-refractivity contribution in [3.8, 4) is 0 Å². The lowest BCUT2D eigenvalue weighted by Crippen LogP contribution is -2.30. The number of sulfonamides is 1. The number of hydrogen-bond donors (Lipinski definition) is 0. The van der Waals surface area contributed by atoms with Crippen molar-refractivity contribution >= 4 is 10.0 Å². The fourth-order valence-corrected chi connectivity index (χ4v) is 4.36. The minimum Gasteiger partial charge on any atom is -0.359 e. The minimum atomic E-state index is -3.50. The molecule has 2 aromatic rings. The van der Waals surface area contributed by atoms with Gasteiger partial charge in [0.1, 0.15) is 0 Å². The molecule has 1 aromatic heterocycles. The van der Waals surface area contributed by atoms with Crippen LogP contribution in [0.5, 0.6) is 0 Å². The third-order valence-electron chi connectivity index (χ3n) is 3.81. The zero-order valence-electron chi connectivity index (χ0n) is 12.1. The van der Waals surface area contributed by atoms with Crippen LogP contribution in [0, 0.1) is 13.8 Å². The smallest absolute Gasteiger partial charge is 0.243 e. The second-order valence-electron chi connectivity index (χ2n) is 5.46. The highest BCUT2D eigenvalue weighted by Gasteiger charge is 2.38. The normalized spacial score (nSPS) is 20.0. The molecule has 1 saturated heterocycles. The molecule has 0 amide bonds. The second-order valence-corrected chi connectivity index (χ2v) is 7.35. The van der Waals surface area contributed by atoms with Crippen molar-refractivity contribution < 1.29 is 12.9 Å². The van der Waals surface area contributed by atoms with Gasteiger partial charge in [-0.3, -0.25) is 0 Å². The quantitative estimate of drug-likeness (QED) is 0.874. The zero-order valence-corrected chi connectivity index (χ0v) is 12.9. The zero-order chi connectivity index (χ0) is 15.0. The average molecular weight is 306 g/mol. The maximum Gasteiger partial charge on any atom is 0.243 e. The van der Waals surface area contributed by atoms with Crippen molar-refractivity contribution in [1.29, 1.82) is 0 Å². The van der Waals surface area contributed by atoms with E-state index in [0.717, 1.165) is 24.1 Å². The lowest BCUT2D eigenvalue weighted by molar-refractivity contribution is 0.297. The molecule has 1 aliphatic rings. The molecule has 5 nitrogen and oxygen atoms in total. The van der Waals surface area contributed by atoms with Crippen LogP contribution in [0.2, 0.25) is 0 Å². The van der Waals surface area contributed by atoms with E-state index in [1.165, 1.54) is 4.31 Å². The number of aryl methyl sites for hydroxylation is 2. The van der Waals surface area contributed by atoms with Crippen LogP contribution in [0.25, 0.3) is 0 Å². The van der Waals surface area contributed by atoms with E-state index in [0.29, 0.717) is 17.2 Å². The molecule has 0 N–H and O–H groups in total. The summed E-state index contributed by atoms with van der Waals surface area (Å²) < 4.78 is 32.4. The Balaban J connectivity index is 1.96. The van der Waals surface area contributed by atoms with Crippen molar-refractivity contribution in [2.75, 3.05) is 6.54 Å². The van der Waals surface area contributed by atoms with E-state index in [4.69, 9.17) is 4.52 Å². The third-order valence-corrected chi connectivity index (χ3v) is 5.73. The summed E-state index contributed by atoms with van der Waals surface area (Å²) in [5.41, 5.74) is 1.81. The van der Waals surface area contributed by atoms with Crippen molar-refractivity contribution in [2.24, 2.45) is 0 Å². The molecule has 1 fully saturated rings. The van der Waals surface area contributed by atoms with E-state index in [1.54, 1.807) is 12.1 Å². The van der Waals surface area contributed by atoms with E-state index >= 15 is 0 Å². The maximum atomic E-state index is 12.8. The lowest BCUT2D eigenvalue weighted by atomic mass is 10.2. The summed E-state index contributed by atoms with van der Waals surface area (Å²) in [6.07, 6.45) is 1.59. The van der Waals surface area contributed by atoms with Gasteiger partial charge in [0.2, 0.25) is 10.0 Å². The third kappa shape index (κ3) is 2.61. The van der Waals surface area contributed by atoms with Gasteiger partial charge in [-0.05, 0) is 38.8 Å². The van der Waals surface area contributed by atoms with Gasteiger partial charge in [0, 0.05) is 12.6 Å². The summed E-state index contributed by atoms with van der Waals surface area (Å²) in [5, 5.41) is 3.87. The molecule has 2 heterocycles. The molecule has 6 heteroatoms. The molecule has 0 bridgehead atoms. The largest absolute Gasteiger partial charge is 0.359 e. The Labute approximate surface area is 124 Å². The van der Waals surface area contributed by atoms with Gasteiger partial charge in [-0.15, -0.1) is 0 Å². The molecular formula is C15H18N2O3S. The number of aromatic nitrogens is 1. The Morgan fingerprint density at radius 1 is 1.24 bits per heavy atom. The van der Waals surface area contributed by atoms with Gasteiger partial charge in [0.25, 0.3) is 0 Å². The van der Waals surface area contributed by atoms with Crippen LogP contribution >= 0.6 is 0 Å². The van der Waals surface area contributed by atoms with Crippen LogP contribution in [-0.4, -0.2) is 24.4 Å². The predicted molar refractivity (Wildman–Crippen MR) is 78.3 cm³/mol. The van der Waals surface area contributed by atoms with Gasteiger partial charge in [-0.25, -0.2) is 8.42 Å². The summed E-state index contributed by atoms with van der Waals surface area (Å²) in [6.45, 7) is 4.29. The Morgan fingerprint density at radius 3 is 2.57 bits per heavy atom.